The Hall–Kier alpha value is -1.63. The molecule has 0 aliphatic carbocycles. The van der Waals surface area contributed by atoms with Crippen molar-refractivity contribution in [3.63, 3.8) is 0 Å². The number of nitrogens with zero attached hydrogens (tertiary/aromatic N) is 2. The van der Waals surface area contributed by atoms with Gasteiger partial charge in [0.05, 0.1) is 5.69 Å². The van der Waals surface area contributed by atoms with Crippen LogP contribution in [0.1, 0.15) is 36.3 Å². The number of amides is 1. The van der Waals surface area contributed by atoms with Crippen LogP contribution in [0, 0.1) is 18.8 Å². The third-order valence-corrected chi connectivity index (χ3v) is 4.41. The summed E-state index contributed by atoms with van der Waals surface area (Å²) in [5, 5.41) is 0.324. The van der Waals surface area contributed by atoms with E-state index in [1.54, 1.807) is 11.8 Å². The van der Waals surface area contributed by atoms with Gasteiger partial charge in [-0.05, 0) is 36.7 Å². The van der Waals surface area contributed by atoms with Gasteiger partial charge in [-0.3, -0.25) is 4.79 Å². The van der Waals surface area contributed by atoms with Crippen LogP contribution >= 0.6 is 11.5 Å². The lowest BCUT2D eigenvalue weighted by molar-refractivity contribution is -0.137. The zero-order chi connectivity index (χ0) is 15.6. The number of ether oxygens (including phenoxy) is 1. The highest BCUT2D eigenvalue weighted by Crippen LogP contribution is 2.23. The number of aryl methyl sites for hydroxylation is 1. The van der Waals surface area contributed by atoms with Crippen LogP contribution in [-0.2, 0) is 9.53 Å². The second kappa shape index (κ2) is 6.43. The lowest BCUT2D eigenvalue weighted by atomic mass is 9.92. The van der Waals surface area contributed by atoms with E-state index in [1.807, 2.05) is 0 Å². The van der Waals surface area contributed by atoms with Crippen molar-refractivity contribution >= 4 is 28.4 Å². The summed E-state index contributed by atoms with van der Waals surface area (Å²) in [6.45, 7) is 7.15. The zero-order valence-electron chi connectivity index (χ0n) is 12.6. The van der Waals surface area contributed by atoms with Crippen molar-refractivity contribution in [1.29, 1.82) is 0 Å². The highest BCUT2D eigenvalue weighted by atomic mass is 32.1. The number of carbonyl (C=O) groups excluding carboxylic acids is 2. The zero-order valence-corrected chi connectivity index (χ0v) is 13.4. The molecular formula is C14H21N3O3S. The largest absolute Gasteiger partial charge is 0.452 e. The van der Waals surface area contributed by atoms with Gasteiger partial charge < -0.3 is 15.4 Å². The normalized spacial score (nSPS) is 22.1. The van der Waals surface area contributed by atoms with E-state index >= 15 is 0 Å². The molecule has 1 aliphatic heterocycles. The third-order valence-electron chi connectivity index (χ3n) is 3.64. The summed E-state index contributed by atoms with van der Waals surface area (Å²) in [7, 11) is 0. The molecule has 2 rings (SSSR count). The van der Waals surface area contributed by atoms with Crippen LogP contribution in [0.4, 0.5) is 5.00 Å². The van der Waals surface area contributed by atoms with Gasteiger partial charge in [-0.25, -0.2) is 4.79 Å². The molecule has 2 N–H and O–H groups in total. The van der Waals surface area contributed by atoms with Gasteiger partial charge >= 0.3 is 5.97 Å². The molecule has 0 unspecified atom stereocenters. The lowest BCUT2D eigenvalue weighted by Gasteiger charge is -2.34. The number of likely N-dealkylation sites (tertiary alicyclic amines) is 1. The van der Waals surface area contributed by atoms with E-state index in [2.05, 4.69) is 18.2 Å². The quantitative estimate of drug-likeness (QED) is 0.859. The Bertz CT molecular complexity index is 514. The fraction of sp³-hybridized carbons (Fsp3) is 0.643. The van der Waals surface area contributed by atoms with Crippen LogP contribution in [-0.4, -0.2) is 40.8 Å². The van der Waals surface area contributed by atoms with E-state index in [9.17, 15) is 9.59 Å². The van der Waals surface area contributed by atoms with Crippen LogP contribution in [0.3, 0.4) is 0 Å². The molecule has 1 fully saturated rings. The standard InChI is InChI=1S/C14H21N3O3S/c1-8-4-9(2)6-17(5-8)11(18)7-20-14(19)12-10(3)16-21-13(12)15/h8-9H,4-7,15H2,1-3H3/t8-,9-/m0/s1. The van der Waals surface area contributed by atoms with Gasteiger partial charge in [0.25, 0.3) is 5.91 Å². The summed E-state index contributed by atoms with van der Waals surface area (Å²) in [6, 6.07) is 0. The molecule has 0 spiro atoms. The fourth-order valence-corrected chi connectivity index (χ4v) is 3.44. The topological polar surface area (TPSA) is 85.5 Å². The first-order valence-corrected chi connectivity index (χ1v) is 7.82. The molecule has 1 aromatic rings. The van der Waals surface area contributed by atoms with Gasteiger partial charge in [0.2, 0.25) is 0 Å². The van der Waals surface area contributed by atoms with Gasteiger partial charge in [0.1, 0.15) is 10.6 Å². The molecule has 2 heterocycles. The number of carbonyl (C=O) groups is 2. The Morgan fingerprint density at radius 2 is 2.00 bits per heavy atom. The number of hydrogen-bond donors (Lipinski definition) is 1. The number of rotatable bonds is 3. The molecular weight excluding hydrogens is 290 g/mol. The monoisotopic (exact) mass is 311 g/mol. The van der Waals surface area contributed by atoms with Gasteiger partial charge in [-0.1, -0.05) is 13.8 Å². The molecule has 1 saturated heterocycles. The number of anilines is 1. The van der Waals surface area contributed by atoms with E-state index in [0.717, 1.165) is 31.0 Å². The van der Waals surface area contributed by atoms with E-state index in [1.165, 1.54) is 0 Å². The maximum absolute atomic E-state index is 12.1. The maximum atomic E-state index is 12.1. The summed E-state index contributed by atoms with van der Waals surface area (Å²) in [4.78, 5) is 25.9. The molecule has 0 saturated carbocycles. The Morgan fingerprint density at radius 3 is 2.52 bits per heavy atom. The average molecular weight is 311 g/mol. The minimum absolute atomic E-state index is 0.152. The number of piperidine rings is 1. The number of aromatic nitrogens is 1. The first-order valence-electron chi connectivity index (χ1n) is 7.05. The highest BCUT2D eigenvalue weighted by Gasteiger charge is 2.26. The van der Waals surface area contributed by atoms with E-state index in [-0.39, 0.29) is 18.1 Å². The Balaban J connectivity index is 1.91. The van der Waals surface area contributed by atoms with Crippen LogP contribution in [0.15, 0.2) is 0 Å². The molecule has 1 aliphatic rings. The number of nitrogen functional groups attached to an aromatic ring is 1. The molecule has 0 radical (unpaired) electrons. The highest BCUT2D eigenvalue weighted by molar-refractivity contribution is 7.10. The van der Waals surface area contributed by atoms with Gasteiger partial charge in [0.15, 0.2) is 6.61 Å². The SMILES string of the molecule is Cc1nsc(N)c1C(=O)OCC(=O)N1C[C@@H](C)C[C@H](C)C1. The minimum atomic E-state index is -0.579. The van der Waals surface area contributed by atoms with Crippen molar-refractivity contribution in [2.75, 3.05) is 25.4 Å². The molecule has 1 aromatic heterocycles. The first-order chi connectivity index (χ1) is 9.88. The average Bonchev–Trinajstić information content (AvgIpc) is 2.74. The van der Waals surface area contributed by atoms with Crippen LogP contribution < -0.4 is 5.73 Å². The first kappa shape index (κ1) is 15.8. The van der Waals surface area contributed by atoms with Crippen molar-refractivity contribution < 1.29 is 14.3 Å². The predicted octanol–water partition coefficient (Wildman–Crippen LogP) is 1.70. The van der Waals surface area contributed by atoms with Crippen LogP contribution in [0.2, 0.25) is 0 Å². The number of hydrogen-bond acceptors (Lipinski definition) is 6. The second-order valence-corrected chi connectivity index (χ2v) is 6.63. The summed E-state index contributed by atoms with van der Waals surface area (Å²) >= 11 is 1.05. The molecule has 1 amide bonds. The summed E-state index contributed by atoms with van der Waals surface area (Å²) < 4.78 is 9.08. The summed E-state index contributed by atoms with van der Waals surface area (Å²) in [5.74, 6) is 0.228. The van der Waals surface area contributed by atoms with Crippen molar-refractivity contribution in [3.8, 4) is 0 Å². The lowest BCUT2D eigenvalue weighted by Crippen LogP contribution is -2.44. The minimum Gasteiger partial charge on any atom is -0.452 e. The fourth-order valence-electron chi connectivity index (χ4n) is 2.79. The van der Waals surface area contributed by atoms with Crippen molar-refractivity contribution in [3.05, 3.63) is 11.3 Å². The number of esters is 1. The number of nitrogens with two attached hydrogens (primary N) is 1. The van der Waals surface area contributed by atoms with Gasteiger partial charge in [0, 0.05) is 13.1 Å². The second-order valence-electron chi connectivity index (χ2n) is 5.83. The predicted molar refractivity (Wildman–Crippen MR) is 81.1 cm³/mol. The molecule has 2 atom stereocenters. The molecule has 0 bridgehead atoms. The van der Waals surface area contributed by atoms with E-state index in [0.29, 0.717) is 22.5 Å². The van der Waals surface area contributed by atoms with Crippen molar-refractivity contribution in [2.24, 2.45) is 11.8 Å². The summed E-state index contributed by atoms with van der Waals surface area (Å²) in [5.41, 5.74) is 6.50. The molecule has 7 heteroatoms. The van der Waals surface area contributed by atoms with Crippen molar-refractivity contribution in [2.45, 2.75) is 27.2 Å². The van der Waals surface area contributed by atoms with Crippen molar-refractivity contribution in [1.82, 2.24) is 9.27 Å². The molecule has 116 valence electrons. The van der Waals surface area contributed by atoms with Gasteiger partial charge in [-0.15, -0.1) is 0 Å². The van der Waals surface area contributed by atoms with Gasteiger partial charge in [-0.2, -0.15) is 4.37 Å². The van der Waals surface area contributed by atoms with Crippen LogP contribution in [0.25, 0.3) is 0 Å². The van der Waals surface area contributed by atoms with E-state index < -0.39 is 5.97 Å². The van der Waals surface area contributed by atoms with E-state index in [4.69, 9.17) is 10.5 Å². The Labute approximate surface area is 128 Å². The maximum Gasteiger partial charge on any atom is 0.343 e. The Kier molecular flexibility index (Phi) is 4.82. The third kappa shape index (κ3) is 3.72. The molecule has 0 aromatic carbocycles. The molecule has 6 nitrogen and oxygen atoms in total. The smallest absolute Gasteiger partial charge is 0.343 e. The van der Waals surface area contributed by atoms with Crippen LogP contribution in [0.5, 0.6) is 0 Å². The Morgan fingerprint density at radius 1 is 1.38 bits per heavy atom. The summed E-state index contributed by atoms with van der Waals surface area (Å²) in [6.07, 6.45) is 1.12. The molecule has 21 heavy (non-hydrogen) atoms.